The number of pyridine rings is 1. The van der Waals surface area contributed by atoms with Crippen LogP contribution in [0, 0.1) is 32.9 Å². The number of hydrogen-bond acceptors (Lipinski definition) is 3. The monoisotopic (exact) mass is 797 g/mol. The Kier molecular flexibility index (Phi) is 9.47. The second kappa shape index (κ2) is 13.7. The Hall–Kier alpha value is -4.47. The summed E-state index contributed by atoms with van der Waals surface area (Å²) in [5.41, 5.74) is 10.9. The Balaban J connectivity index is 0.00000386. The summed E-state index contributed by atoms with van der Waals surface area (Å²) in [6.07, 6.45) is 6.15. The van der Waals surface area contributed by atoms with E-state index in [1.165, 1.54) is 23.8 Å². The first-order valence-corrected chi connectivity index (χ1v) is 16.2. The van der Waals surface area contributed by atoms with Gasteiger partial charge in [0.25, 0.3) is 0 Å². The van der Waals surface area contributed by atoms with Crippen molar-refractivity contribution in [3.8, 4) is 34.1 Å². The molecule has 0 aliphatic rings. The van der Waals surface area contributed by atoms with Gasteiger partial charge in [0.1, 0.15) is 5.82 Å². The number of unbranched alkanes of at least 4 members (excludes halogenated alkanes) is 1. The Morgan fingerprint density at radius 1 is 0.787 bits per heavy atom. The average molecular weight is 798 g/mol. The number of aryl methyl sites for hydroxylation is 4. The second-order valence-electron chi connectivity index (χ2n) is 12.1. The first-order chi connectivity index (χ1) is 22.4. The van der Waals surface area contributed by atoms with E-state index < -0.39 is 0 Å². The zero-order valence-corrected chi connectivity index (χ0v) is 29.8. The van der Waals surface area contributed by atoms with Crippen LogP contribution >= 0.6 is 0 Å². The number of nitrogens with zero attached hydrogens (tertiary/aromatic N) is 4. The Labute approximate surface area is 291 Å². The third-order valence-electron chi connectivity index (χ3n) is 8.76. The predicted octanol–water partition coefficient (Wildman–Crippen LogP) is 10.3. The molecule has 0 aliphatic carbocycles. The van der Waals surface area contributed by atoms with Gasteiger partial charge in [-0.2, -0.15) is 16.7 Å². The van der Waals surface area contributed by atoms with Crippen molar-refractivity contribution in [1.29, 1.82) is 0 Å². The van der Waals surface area contributed by atoms with Crippen LogP contribution in [0.2, 0.25) is 0 Å². The minimum atomic E-state index is 0. The molecular weight excluding hydrogens is 760 g/mol. The molecular formula is C41H38N4OPt. The molecule has 47 heavy (non-hydrogen) atoms. The fraction of sp³-hybridized carbons (Fsp3) is 0.220. The van der Waals surface area contributed by atoms with E-state index in [2.05, 4.69) is 118 Å². The number of rotatable bonds is 9. The predicted molar refractivity (Wildman–Crippen MR) is 188 cm³/mol. The number of aromatic nitrogens is 4. The van der Waals surface area contributed by atoms with Crippen molar-refractivity contribution in [2.75, 3.05) is 0 Å². The maximum absolute atomic E-state index is 6.55. The van der Waals surface area contributed by atoms with Gasteiger partial charge < -0.3 is 9.30 Å². The molecule has 238 valence electrons. The Bertz CT molecular complexity index is 2200. The summed E-state index contributed by atoms with van der Waals surface area (Å²) in [6, 6.07) is 36.9. The third kappa shape index (κ3) is 6.29. The third-order valence-corrected chi connectivity index (χ3v) is 8.76. The van der Waals surface area contributed by atoms with Crippen LogP contribution in [0.15, 0.2) is 91.1 Å². The summed E-state index contributed by atoms with van der Waals surface area (Å²) in [5.74, 6) is 2.14. The molecule has 5 nitrogen and oxygen atoms in total. The van der Waals surface area contributed by atoms with E-state index in [4.69, 9.17) is 14.8 Å². The number of benzene rings is 4. The van der Waals surface area contributed by atoms with Crippen molar-refractivity contribution in [3.63, 3.8) is 0 Å². The van der Waals surface area contributed by atoms with Gasteiger partial charge in [0.2, 0.25) is 0 Å². The molecule has 0 saturated carbocycles. The van der Waals surface area contributed by atoms with E-state index in [1.807, 2.05) is 29.1 Å². The SMILES string of the molecule is CCCCc1ccc2c(c1)c1ccc(Oc3[c-]c(-n4nc(C)c(-c5ccccc5)c4C)cc(CC)c3)[c-]c1n2-c1cc(C)ccn1.[Pt+2]. The molecule has 0 bridgehead atoms. The van der Waals surface area contributed by atoms with Gasteiger partial charge in [0, 0.05) is 34.5 Å². The number of hydrogen-bond donors (Lipinski definition) is 0. The molecule has 0 unspecified atom stereocenters. The van der Waals surface area contributed by atoms with Crippen LogP contribution in [0.5, 0.6) is 11.5 Å². The van der Waals surface area contributed by atoms with Crippen molar-refractivity contribution < 1.29 is 25.8 Å². The zero-order valence-electron chi connectivity index (χ0n) is 27.5. The topological polar surface area (TPSA) is 44.9 Å². The van der Waals surface area contributed by atoms with E-state index in [0.717, 1.165) is 74.4 Å². The quantitative estimate of drug-likeness (QED) is 0.137. The van der Waals surface area contributed by atoms with Gasteiger partial charge in [-0.25, -0.2) is 4.98 Å². The first kappa shape index (κ1) is 32.5. The molecule has 3 heterocycles. The van der Waals surface area contributed by atoms with Crippen molar-refractivity contribution in [1.82, 2.24) is 19.3 Å². The molecule has 7 aromatic rings. The van der Waals surface area contributed by atoms with Crippen molar-refractivity contribution >= 4 is 21.8 Å². The standard InChI is InChI=1S/C41H38N4O.Pt/c1-6-8-12-31-15-18-38-37(24-31)36-17-16-34(26-39(36)44(38)40-21-27(3)19-20-42-40)46-35-23-30(7-2)22-33(25-35)45-29(5)41(28(4)43-45)32-13-10-9-11-14-32;/h9-11,13-24H,6-8,12H2,1-5H3;/q-2;+2. The Morgan fingerprint density at radius 3 is 2.38 bits per heavy atom. The van der Waals surface area contributed by atoms with E-state index in [-0.39, 0.29) is 21.1 Å². The molecule has 7 rings (SSSR count). The average Bonchev–Trinajstić information content (AvgIpc) is 3.56. The smallest absolute Gasteiger partial charge is 0.509 e. The van der Waals surface area contributed by atoms with Crippen molar-refractivity contribution in [2.24, 2.45) is 0 Å². The fourth-order valence-corrected chi connectivity index (χ4v) is 6.42. The van der Waals surface area contributed by atoms with Gasteiger partial charge in [0.15, 0.2) is 0 Å². The second-order valence-corrected chi connectivity index (χ2v) is 12.1. The fourth-order valence-electron chi connectivity index (χ4n) is 6.42. The van der Waals surface area contributed by atoms with Crippen LogP contribution in [0.4, 0.5) is 0 Å². The van der Waals surface area contributed by atoms with Crippen LogP contribution in [-0.4, -0.2) is 19.3 Å². The van der Waals surface area contributed by atoms with Gasteiger partial charge in [0.05, 0.1) is 5.69 Å². The van der Waals surface area contributed by atoms with Crippen LogP contribution in [-0.2, 0) is 33.9 Å². The molecule has 0 spiro atoms. The van der Waals surface area contributed by atoms with Crippen molar-refractivity contribution in [3.05, 3.63) is 131 Å². The summed E-state index contributed by atoms with van der Waals surface area (Å²) < 4.78 is 10.7. The molecule has 0 saturated heterocycles. The Morgan fingerprint density at radius 2 is 1.62 bits per heavy atom. The minimum Gasteiger partial charge on any atom is -0.509 e. The molecule has 0 N–H and O–H groups in total. The van der Waals surface area contributed by atoms with Gasteiger partial charge >= 0.3 is 21.1 Å². The number of ether oxygens (including phenoxy) is 1. The zero-order chi connectivity index (χ0) is 31.8. The van der Waals surface area contributed by atoms with Crippen LogP contribution in [0.3, 0.4) is 0 Å². The molecule has 0 aliphatic heterocycles. The first-order valence-electron chi connectivity index (χ1n) is 16.2. The summed E-state index contributed by atoms with van der Waals surface area (Å²) in [6.45, 7) is 10.7. The molecule has 6 heteroatoms. The van der Waals surface area contributed by atoms with Crippen LogP contribution in [0.25, 0.3) is 44.4 Å². The molecule has 4 aromatic carbocycles. The summed E-state index contributed by atoms with van der Waals surface area (Å²) in [7, 11) is 0. The molecule has 0 amide bonds. The van der Waals surface area contributed by atoms with Gasteiger partial charge in [-0.05, 0) is 79.6 Å². The van der Waals surface area contributed by atoms with Crippen LogP contribution in [0.1, 0.15) is 54.8 Å². The minimum absolute atomic E-state index is 0. The molecule has 0 fully saturated rings. The number of fused-ring (bicyclic) bond motifs is 3. The maximum Gasteiger partial charge on any atom is 2.00 e. The van der Waals surface area contributed by atoms with E-state index in [0.29, 0.717) is 11.5 Å². The van der Waals surface area contributed by atoms with Gasteiger partial charge in [-0.15, -0.1) is 35.7 Å². The molecule has 0 radical (unpaired) electrons. The van der Waals surface area contributed by atoms with Crippen LogP contribution < -0.4 is 4.74 Å². The van der Waals surface area contributed by atoms with E-state index >= 15 is 0 Å². The maximum atomic E-state index is 6.55. The summed E-state index contributed by atoms with van der Waals surface area (Å²) in [5, 5.41) is 7.27. The molecule has 3 aromatic heterocycles. The summed E-state index contributed by atoms with van der Waals surface area (Å²) in [4.78, 5) is 4.76. The van der Waals surface area contributed by atoms with Gasteiger partial charge in [-0.3, -0.25) is 4.68 Å². The molecule has 0 atom stereocenters. The van der Waals surface area contributed by atoms with E-state index in [1.54, 1.807) is 0 Å². The largest absolute Gasteiger partial charge is 2.00 e. The normalized spacial score (nSPS) is 11.3. The van der Waals surface area contributed by atoms with Crippen molar-refractivity contribution in [2.45, 2.75) is 60.3 Å². The summed E-state index contributed by atoms with van der Waals surface area (Å²) >= 11 is 0. The van der Waals surface area contributed by atoms with E-state index in [9.17, 15) is 0 Å². The van der Waals surface area contributed by atoms with Gasteiger partial charge in [-0.1, -0.05) is 74.7 Å².